The van der Waals surface area contributed by atoms with Crippen molar-refractivity contribution in [3.8, 4) is 11.5 Å². The Bertz CT molecular complexity index is 916. The molecule has 8 nitrogen and oxygen atoms in total. The number of hydrazone groups is 2. The lowest BCUT2D eigenvalue weighted by molar-refractivity contribution is -0.123. The molecule has 2 amide bonds. The molecule has 0 saturated carbocycles. The number of hydrogen-bond acceptors (Lipinski definition) is 6. The molecule has 2 aromatic rings. The fourth-order valence-corrected chi connectivity index (χ4v) is 3.40. The molecule has 2 rings (SSSR count). The third-order valence-corrected chi connectivity index (χ3v) is 5.21. The third kappa shape index (κ3) is 8.80. The SMILES string of the molecule is COc1ccc(Br)cc1C=NNC(=O)CCCCC(=O)NN=Cc1cc(Br)ccc1OC. The number of amides is 2. The number of ether oxygens (including phenoxy) is 2. The summed E-state index contributed by atoms with van der Waals surface area (Å²) < 4.78 is 12.3. The van der Waals surface area contributed by atoms with E-state index in [0.29, 0.717) is 24.3 Å². The van der Waals surface area contributed by atoms with E-state index in [1.165, 1.54) is 12.4 Å². The summed E-state index contributed by atoms with van der Waals surface area (Å²) in [6, 6.07) is 11.0. The average Bonchev–Trinajstić information content (AvgIpc) is 2.77. The minimum Gasteiger partial charge on any atom is -0.496 e. The van der Waals surface area contributed by atoms with Crippen LogP contribution in [0.25, 0.3) is 0 Å². The van der Waals surface area contributed by atoms with Gasteiger partial charge in [-0.25, -0.2) is 10.9 Å². The monoisotopic (exact) mass is 566 g/mol. The molecule has 0 radical (unpaired) electrons. The first-order chi connectivity index (χ1) is 15.4. The molecule has 0 spiro atoms. The van der Waals surface area contributed by atoms with Crippen LogP contribution in [0.4, 0.5) is 0 Å². The molecular formula is C22H24Br2N4O4. The van der Waals surface area contributed by atoms with Gasteiger partial charge in [0.25, 0.3) is 0 Å². The molecule has 170 valence electrons. The molecule has 0 heterocycles. The maximum Gasteiger partial charge on any atom is 0.240 e. The lowest BCUT2D eigenvalue weighted by Crippen LogP contribution is -2.19. The quantitative estimate of drug-likeness (QED) is 0.239. The first-order valence-corrected chi connectivity index (χ1v) is 11.3. The van der Waals surface area contributed by atoms with Crippen LogP contribution >= 0.6 is 31.9 Å². The van der Waals surface area contributed by atoms with Crippen molar-refractivity contribution in [1.29, 1.82) is 0 Å². The van der Waals surface area contributed by atoms with Gasteiger partial charge in [0.1, 0.15) is 11.5 Å². The van der Waals surface area contributed by atoms with Gasteiger partial charge in [-0.15, -0.1) is 0 Å². The molecule has 0 fully saturated rings. The Morgan fingerprint density at radius 2 is 1.22 bits per heavy atom. The molecule has 10 heteroatoms. The number of carbonyl (C=O) groups excluding carboxylic acids is 2. The predicted molar refractivity (Wildman–Crippen MR) is 131 cm³/mol. The molecular weight excluding hydrogens is 544 g/mol. The lowest BCUT2D eigenvalue weighted by Gasteiger charge is -2.05. The number of nitrogens with zero attached hydrogens (tertiary/aromatic N) is 2. The van der Waals surface area contributed by atoms with E-state index >= 15 is 0 Å². The molecule has 0 bridgehead atoms. The van der Waals surface area contributed by atoms with E-state index in [0.717, 1.165) is 20.1 Å². The van der Waals surface area contributed by atoms with Crippen LogP contribution in [0.1, 0.15) is 36.8 Å². The number of rotatable bonds is 11. The van der Waals surface area contributed by atoms with Gasteiger partial charge in [-0.2, -0.15) is 10.2 Å². The van der Waals surface area contributed by atoms with E-state index in [2.05, 4.69) is 52.9 Å². The number of nitrogens with one attached hydrogen (secondary N) is 2. The Morgan fingerprint density at radius 3 is 1.59 bits per heavy atom. The van der Waals surface area contributed by atoms with E-state index in [1.54, 1.807) is 26.4 Å². The summed E-state index contributed by atoms with van der Waals surface area (Å²) in [6.07, 6.45) is 4.67. The van der Waals surface area contributed by atoms with Crippen LogP contribution in [0.2, 0.25) is 0 Å². The van der Waals surface area contributed by atoms with Gasteiger partial charge in [-0.3, -0.25) is 9.59 Å². The maximum atomic E-state index is 11.9. The summed E-state index contributed by atoms with van der Waals surface area (Å²) in [6.45, 7) is 0. The van der Waals surface area contributed by atoms with Crippen molar-refractivity contribution in [1.82, 2.24) is 10.9 Å². The summed E-state index contributed by atoms with van der Waals surface area (Å²) >= 11 is 6.77. The topological polar surface area (TPSA) is 101 Å². The van der Waals surface area contributed by atoms with Gasteiger partial charge in [0.15, 0.2) is 0 Å². The Kier molecular flexibility index (Phi) is 10.9. The van der Waals surface area contributed by atoms with E-state index in [4.69, 9.17) is 9.47 Å². The maximum absolute atomic E-state index is 11.9. The highest BCUT2D eigenvalue weighted by molar-refractivity contribution is 9.10. The normalized spacial score (nSPS) is 11.0. The molecule has 2 N–H and O–H groups in total. The highest BCUT2D eigenvalue weighted by atomic mass is 79.9. The molecule has 0 aliphatic heterocycles. The van der Waals surface area contributed by atoms with Crippen LogP contribution in [0.15, 0.2) is 55.5 Å². The minimum absolute atomic E-state index is 0.226. The number of unbranched alkanes of at least 4 members (excludes halogenated alkanes) is 1. The highest BCUT2D eigenvalue weighted by Crippen LogP contribution is 2.22. The molecule has 0 saturated heterocycles. The molecule has 32 heavy (non-hydrogen) atoms. The van der Waals surface area contributed by atoms with Gasteiger partial charge in [-0.05, 0) is 49.2 Å². The smallest absolute Gasteiger partial charge is 0.240 e. The summed E-state index contributed by atoms with van der Waals surface area (Å²) in [5, 5.41) is 7.91. The van der Waals surface area contributed by atoms with Gasteiger partial charge in [0, 0.05) is 32.9 Å². The number of methoxy groups -OCH3 is 2. The Hall–Kier alpha value is -2.72. The first kappa shape index (κ1) is 25.5. The van der Waals surface area contributed by atoms with Gasteiger partial charge >= 0.3 is 0 Å². The second-order valence-electron chi connectivity index (χ2n) is 6.57. The molecule has 0 aliphatic rings. The van der Waals surface area contributed by atoms with Crippen molar-refractivity contribution >= 4 is 56.1 Å². The number of hydrogen-bond donors (Lipinski definition) is 2. The predicted octanol–water partition coefficient (Wildman–Crippen LogP) is 4.39. The van der Waals surface area contributed by atoms with E-state index in [9.17, 15) is 9.59 Å². The standard InChI is InChI=1S/C22H24Br2N4O4/c1-31-19-9-7-17(23)11-15(19)13-25-27-21(29)5-3-4-6-22(30)28-26-14-16-12-18(24)8-10-20(16)32-2/h7-14H,3-6H2,1-2H3,(H,27,29)(H,28,30). The molecule has 0 atom stereocenters. The van der Waals surface area contributed by atoms with Crippen LogP contribution < -0.4 is 20.3 Å². The van der Waals surface area contributed by atoms with Crippen LogP contribution in [0.5, 0.6) is 11.5 Å². The number of halogens is 2. The van der Waals surface area contributed by atoms with Crippen molar-refractivity contribution in [2.24, 2.45) is 10.2 Å². The second kappa shape index (κ2) is 13.6. The number of carbonyl (C=O) groups is 2. The van der Waals surface area contributed by atoms with Gasteiger partial charge in [0.2, 0.25) is 11.8 Å². The largest absolute Gasteiger partial charge is 0.496 e. The van der Waals surface area contributed by atoms with Gasteiger partial charge in [0.05, 0.1) is 26.6 Å². The molecule has 0 aromatic heterocycles. The lowest BCUT2D eigenvalue weighted by atomic mass is 10.2. The van der Waals surface area contributed by atoms with E-state index in [1.807, 2.05) is 24.3 Å². The summed E-state index contributed by atoms with van der Waals surface area (Å²) in [4.78, 5) is 23.8. The summed E-state index contributed by atoms with van der Waals surface area (Å²) in [5.41, 5.74) is 6.43. The van der Waals surface area contributed by atoms with Gasteiger partial charge < -0.3 is 9.47 Å². The molecule has 0 unspecified atom stereocenters. The zero-order valence-electron chi connectivity index (χ0n) is 17.7. The third-order valence-electron chi connectivity index (χ3n) is 4.23. The van der Waals surface area contributed by atoms with E-state index < -0.39 is 0 Å². The Labute approximate surface area is 203 Å². The van der Waals surface area contributed by atoms with Crippen LogP contribution in [-0.4, -0.2) is 38.5 Å². The Morgan fingerprint density at radius 1 is 0.812 bits per heavy atom. The average molecular weight is 568 g/mol. The minimum atomic E-state index is -0.226. The highest BCUT2D eigenvalue weighted by Gasteiger charge is 2.05. The van der Waals surface area contributed by atoms with Crippen molar-refractivity contribution in [2.75, 3.05) is 14.2 Å². The fraction of sp³-hybridized carbons (Fsp3) is 0.273. The zero-order valence-corrected chi connectivity index (χ0v) is 20.9. The van der Waals surface area contributed by atoms with Gasteiger partial charge in [-0.1, -0.05) is 31.9 Å². The van der Waals surface area contributed by atoms with Crippen molar-refractivity contribution in [3.05, 3.63) is 56.5 Å². The van der Waals surface area contributed by atoms with E-state index in [-0.39, 0.29) is 24.7 Å². The summed E-state index contributed by atoms with van der Waals surface area (Å²) in [5.74, 6) is 0.849. The molecule has 0 aliphatic carbocycles. The Balaban J connectivity index is 1.68. The van der Waals surface area contributed by atoms with Crippen LogP contribution in [0, 0.1) is 0 Å². The number of benzene rings is 2. The zero-order chi connectivity index (χ0) is 23.3. The summed E-state index contributed by atoms with van der Waals surface area (Å²) in [7, 11) is 3.14. The van der Waals surface area contributed by atoms with Crippen molar-refractivity contribution < 1.29 is 19.1 Å². The first-order valence-electron chi connectivity index (χ1n) is 9.74. The fourth-order valence-electron chi connectivity index (χ4n) is 2.64. The van der Waals surface area contributed by atoms with Crippen LogP contribution in [-0.2, 0) is 9.59 Å². The molecule has 2 aromatic carbocycles. The van der Waals surface area contributed by atoms with Crippen molar-refractivity contribution in [2.45, 2.75) is 25.7 Å². The second-order valence-corrected chi connectivity index (χ2v) is 8.40. The van der Waals surface area contributed by atoms with Crippen molar-refractivity contribution in [3.63, 3.8) is 0 Å². The van der Waals surface area contributed by atoms with Crippen LogP contribution in [0.3, 0.4) is 0 Å².